The second kappa shape index (κ2) is 10.0. The van der Waals surface area contributed by atoms with Crippen LogP contribution in [0.15, 0.2) is 47.4 Å². The molecule has 0 aromatic heterocycles. The molecule has 0 radical (unpaired) electrons. The number of nitrogens with zero attached hydrogens (tertiary/aromatic N) is 1. The van der Waals surface area contributed by atoms with Gasteiger partial charge in [-0.05, 0) is 49.1 Å². The molecule has 2 aromatic rings. The van der Waals surface area contributed by atoms with Crippen LogP contribution in [-0.4, -0.2) is 46.5 Å². The SMILES string of the molecule is CSc1cccc(N(CC(=O)NCCOc2ccc(C)c(Cl)c2)S(C)(=O)=O)c1. The van der Waals surface area contributed by atoms with Crippen molar-refractivity contribution in [1.29, 1.82) is 0 Å². The highest BCUT2D eigenvalue weighted by atomic mass is 35.5. The van der Waals surface area contributed by atoms with Crippen LogP contribution >= 0.6 is 23.4 Å². The largest absolute Gasteiger partial charge is 0.492 e. The zero-order valence-electron chi connectivity index (χ0n) is 15.9. The lowest BCUT2D eigenvalue weighted by atomic mass is 10.2. The first kappa shape index (κ1) is 22.4. The molecule has 0 atom stereocenters. The van der Waals surface area contributed by atoms with Gasteiger partial charge in [0.1, 0.15) is 18.9 Å². The average Bonchev–Trinajstić information content (AvgIpc) is 2.65. The minimum absolute atomic E-state index is 0.242. The monoisotopic (exact) mass is 442 g/mol. The normalized spacial score (nSPS) is 11.1. The summed E-state index contributed by atoms with van der Waals surface area (Å²) in [4.78, 5) is 13.2. The number of thioether (sulfide) groups is 1. The maximum atomic E-state index is 12.2. The van der Waals surface area contributed by atoms with Gasteiger partial charge in [-0.1, -0.05) is 23.7 Å². The maximum absolute atomic E-state index is 12.2. The molecular formula is C19H23ClN2O4S2. The van der Waals surface area contributed by atoms with E-state index in [1.165, 1.54) is 11.8 Å². The summed E-state index contributed by atoms with van der Waals surface area (Å²) >= 11 is 7.54. The average molecular weight is 443 g/mol. The van der Waals surface area contributed by atoms with Gasteiger partial charge in [-0.2, -0.15) is 0 Å². The summed E-state index contributed by atoms with van der Waals surface area (Å²) in [5.41, 5.74) is 1.41. The lowest BCUT2D eigenvalue weighted by Crippen LogP contribution is -2.41. The van der Waals surface area contributed by atoms with Crippen LogP contribution in [0.2, 0.25) is 5.02 Å². The quantitative estimate of drug-likeness (QED) is 0.476. The van der Waals surface area contributed by atoms with E-state index in [1.807, 2.05) is 25.3 Å². The Kier molecular flexibility index (Phi) is 8.03. The maximum Gasteiger partial charge on any atom is 0.240 e. The van der Waals surface area contributed by atoms with E-state index in [0.29, 0.717) is 16.5 Å². The molecule has 6 nitrogen and oxygen atoms in total. The Bertz CT molecular complexity index is 935. The highest BCUT2D eigenvalue weighted by Crippen LogP contribution is 2.24. The van der Waals surface area contributed by atoms with E-state index in [1.54, 1.807) is 30.3 Å². The number of ether oxygens (including phenoxy) is 1. The molecule has 0 saturated carbocycles. The number of nitrogens with one attached hydrogen (secondary N) is 1. The number of amides is 1. The van der Waals surface area contributed by atoms with Crippen LogP contribution < -0.4 is 14.4 Å². The highest BCUT2D eigenvalue weighted by molar-refractivity contribution is 7.98. The van der Waals surface area contributed by atoms with Crippen molar-refractivity contribution in [3.05, 3.63) is 53.1 Å². The van der Waals surface area contributed by atoms with Gasteiger partial charge in [-0.15, -0.1) is 11.8 Å². The van der Waals surface area contributed by atoms with Gasteiger partial charge in [-0.25, -0.2) is 8.42 Å². The molecule has 9 heteroatoms. The van der Waals surface area contributed by atoms with Crippen molar-refractivity contribution in [2.45, 2.75) is 11.8 Å². The first-order valence-corrected chi connectivity index (χ1v) is 11.9. The fourth-order valence-electron chi connectivity index (χ4n) is 2.37. The van der Waals surface area contributed by atoms with Crippen LogP contribution in [0.4, 0.5) is 5.69 Å². The molecule has 152 valence electrons. The molecule has 0 bridgehead atoms. The Morgan fingerprint density at radius 2 is 2.00 bits per heavy atom. The summed E-state index contributed by atoms with van der Waals surface area (Å²) in [5, 5.41) is 3.28. The molecule has 0 fully saturated rings. The van der Waals surface area contributed by atoms with E-state index in [9.17, 15) is 13.2 Å². The van der Waals surface area contributed by atoms with Crippen LogP contribution in [0.25, 0.3) is 0 Å². The summed E-state index contributed by atoms with van der Waals surface area (Å²) in [6, 6.07) is 12.4. The van der Waals surface area contributed by atoms with Crippen LogP contribution in [0.5, 0.6) is 5.75 Å². The third-order valence-electron chi connectivity index (χ3n) is 3.87. The molecule has 28 heavy (non-hydrogen) atoms. The molecule has 1 N–H and O–H groups in total. The Labute approximate surface area is 175 Å². The number of carbonyl (C=O) groups is 1. The third kappa shape index (κ3) is 6.61. The lowest BCUT2D eigenvalue weighted by Gasteiger charge is -2.22. The smallest absolute Gasteiger partial charge is 0.240 e. The zero-order valence-corrected chi connectivity index (χ0v) is 18.3. The number of hydrogen-bond acceptors (Lipinski definition) is 5. The van der Waals surface area contributed by atoms with E-state index in [0.717, 1.165) is 21.0 Å². The van der Waals surface area contributed by atoms with Gasteiger partial charge in [0.2, 0.25) is 15.9 Å². The zero-order chi connectivity index (χ0) is 20.7. The summed E-state index contributed by atoms with van der Waals surface area (Å²) in [7, 11) is -3.60. The van der Waals surface area contributed by atoms with Gasteiger partial charge in [-0.3, -0.25) is 9.10 Å². The van der Waals surface area contributed by atoms with E-state index in [2.05, 4.69) is 5.32 Å². The predicted molar refractivity (Wildman–Crippen MR) is 115 cm³/mol. The van der Waals surface area contributed by atoms with E-state index >= 15 is 0 Å². The molecule has 2 aromatic carbocycles. The van der Waals surface area contributed by atoms with Crippen molar-refractivity contribution in [1.82, 2.24) is 5.32 Å². The Hall–Kier alpha value is -1.90. The number of hydrogen-bond donors (Lipinski definition) is 1. The Morgan fingerprint density at radius 1 is 1.25 bits per heavy atom. The Balaban J connectivity index is 1.92. The lowest BCUT2D eigenvalue weighted by molar-refractivity contribution is -0.119. The van der Waals surface area contributed by atoms with Crippen molar-refractivity contribution in [2.24, 2.45) is 0 Å². The fraction of sp³-hybridized carbons (Fsp3) is 0.316. The fourth-order valence-corrected chi connectivity index (χ4v) is 3.85. The molecular weight excluding hydrogens is 420 g/mol. The number of benzene rings is 2. The number of anilines is 1. The van der Waals surface area contributed by atoms with Gasteiger partial charge in [0.15, 0.2) is 0 Å². The first-order chi connectivity index (χ1) is 13.2. The van der Waals surface area contributed by atoms with Crippen molar-refractivity contribution >= 4 is 45.0 Å². The number of aryl methyl sites for hydroxylation is 1. The predicted octanol–water partition coefficient (Wildman–Crippen LogP) is 3.33. The molecule has 0 spiro atoms. The summed E-state index contributed by atoms with van der Waals surface area (Å²) in [5.74, 6) is 0.196. The molecule has 0 aliphatic heterocycles. The standard InChI is InChI=1S/C19H23ClN2O4S2/c1-14-7-8-16(12-18(14)20)26-10-9-21-19(23)13-22(28(3,24)25)15-5-4-6-17(11-15)27-2/h4-8,11-12H,9-10,13H2,1-3H3,(H,21,23). The third-order valence-corrected chi connectivity index (χ3v) is 6.14. The van der Waals surface area contributed by atoms with Crippen molar-refractivity contribution in [3.63, 3.8) is 0 Å². The molecule has 1 amide bonds. The molecule has 2 rings (SSSR count). The highest BCUT2D eigenvalue weighted by Gasteiger charge is 2.21. The Morgan fingerprint density at radius 3 is 2.64 bits per heavy atom. The van der Waals surface area contributed by atoms with E-state index in [4.69, 9.17) is 16.3 Å². The van der Waals surface area contributed by atoms with Crippen molar-refractivity contribution in [3.8, 4) is 5.75 Å². The van der Waals surface area contributed by atoms with Gasteiger partial charge < -0.3 is 10.1 Å². The van der Waals surface area contributed by atoms with E-state index in [-0.39, 0.29) is 19.7 Å². The molecule has 0 aliphatic carbocycles. The molecule has 0 unspecified atom stereocenters. The van der Waals surface area contributed by atoms with Gasteiger partial charge in [0.05, 0.1) is 18.5 Å². The van der Waals surface area contributed by atoms with E-state index < -0.39 is 15.9 Å². The van der Waals surface area contributed by atoms with Crippen molar-refractivity contribution < 1.29 is 17.9 Å². The minimum Gasteiger partial charge on any atom is -0.492 e. The number of sulfonamides is 1. The second-order valence-electron chi connectivity index (χ2n) is 6.08. The summed E-state index contributed by atoms with van der Waals surface area (Å²) in [6.45, 7) is 2.08. The number of carbonyl (C=O) groups excluding carboxylic acids is 1. The van der Waals surface area contributed by atoms with Crippen LogP contribution in [0.1, 0.15) is 5.56 Å². The minimum atomic E-state index is -3.60. The summed E-state index contributed by atoms with van der Waals surface area (Å²) < 4.78 is 30.9. The van der Waals surface area contributed by atoms with Crippen LogP contribution in [0.3, 0.4) is 0 Å². The van der Waals surface area contributed by atoms with Gasteiger partial charge in [0.25, 0.3) is 0 Å². The second-order valence-corrected chi connectivity index (χ2v) is 9.27. The van der Waals surface area contributed by atoms with Gasteiger partial charge >= 0.3 is 0 Å². The van der Waals surface area contributed by atoms with Crippen molar-refractivity contribution in [2.75, 3.05) is 36.5 Å². The molecule has 0 saturated heterocycles. The van der Waals surface area contributed by atoms with Crippen LogP contribution in [0, 0.1) is 6.92 Å². The summed E-state index contributed by atoms with van der Waals surface area (Å²) in [6.07, 6.45) is 2.98. The number of halogens is 1. The van der Waals surface area contributed by atoms with Gasteiger partial charge in [0, 0.05) is 9.92 Å². The topological polar surface area (TPSA) is 75.7 Å². The molecule has 0 heterocycles. The number of rotatable bonds is 9. The van der Waals surface area contributed by atoms with Crippen LogP contribution in [-0.2, 0) is 14.8 Å². The first-order valence-electron chi connectivity index (χ1n) is 8.48. The molecule has 0 aliphatic rings.